The van der Waals surface area contributed by atoms with Gasteiger partial charge in [-0.1, -0.05) is 30.3 Å². The smallest absolute Gasteiger partial charge is 0.204 e. The zero-order chi connectivity index (χ0) is 24.5. The van der Waals surface area contributed by atoms with Gasteiger partial charge in [0.2, 0.25) is 5.75 Å². The minimum absolute atomic E-state index is 0.111. The van der Waals surface area contributed by atoms with E-state index in [-0.39, 0.29) is 23.9 Å². The van der Waals surface area contributed by atoms with Crippen molar-refractivity contribution < 1.29 is 33.6 Å². The number of carbonyl (C=O) groups excluding carboxylic acids is 1. The number of carbonyl (C=O) groups is 1. The summed E-state index contributed by atoms with van der Waals surface area (Å²) in [6, 6.07) is 16.0. The number of allylic oxidation sites excluding steroid dienone is 1. The van der Waals surface area contributed by atoms with Gasteiger partial charge in [-0.3, -0.25) is 4.79 Å². The summed E-state index contributed by atoms with van der Waals surface area (Å²) in [5.74, 6) is 1.52. The molecule has 0 aromatic heterocycles. The van der Waals surface area contributed by atoms with Crippen LogP contribution in [0.5, 0.6) is 34.5 Å². The summed E-state index contributed by atoms with van der Waals surface area (Å²) >= 11 is 0. The Hall–Kier alpha value is -4.13. The highest BCUT2D eigenvalue weighted by atomic mass is 16.5. The van der Waals surface area contributed by atoms with Crippen LogP contribution in [0.15, 0.2) is 60.7 Å². The quantitative estimate of drug-likeness (QED) is 0.305. The molecule has 3 aromatic rings. The largest absolute Gasteiger partial charge is 0.507 e. The molecule has 0 saturated carbocycles. The van der Waals surface area contributed by atoms with E-state index in [0.29, 0.717) is 40.7 Å². The van der Waals surface area contributed by atoms with Gasteiger partial charge in [-0.25, -0.2) is 0 Å². The average molecular weight is 465 g/mol. The van der Waals surface area contributed by atoms with Gasteiger partial charge in [0.15, 0.2) is 28.8 Å². The summed E-state index contributed by atoms with van der Waals surface area (Å²) in [5.41, 5.74) is 1.67. The maximum absolute atomic E-state index is 12.8. The Morgan fingerprint density at radius 3 is 2.24 bits per heavy atom. The first-order valence-corrected chi connectivity index (χ1v) is 10.7. The fraction of sp³-hybridized carbons (Fsp3) is 0.222. The van der Waals surface area contributed by atoms with E-state index in [9.17, 15) is 9.90 Å². The molecule has 0 bridgehead atoms. The molecule has 1 N–H and O–H groups in total. The topological polar surface area (TPSA) is 83.5 Å². The van der Waals surface area contributed by atoms with Gasteiger partial charge < -0.3 is 28.8 Å². The second kappa shape index (κ2) is 11.7. The molecular formula is C27H28O7. The summed E-state index contributed by atoms with van der Waals surface area (Å²) in [6.07, 6.45) is 2.83. The molecule has 34 heavy (non-hydrogen) atoms. The first kappa shape index (κ1) is 24.5. The van der Waals surface area contributed by atoms with Crippen molar-refractivity contribution in [2.45, 2.75) is 13.5 Å². The number of rotatable bonds is 11. The van der Waals surface area contributed by atoms with Crippen LogP contribution in [-0.4, -0.2) is 38.8 Å². The molecule has 0 saturated heterocycles. The Labute approximate surface area is 199 Å². The van der Waals surface area contributed by atoms with E-state index in [1.54, 1.807) is 18.2 Å². The van der Waals surface area contributed by atoms with Gasteiger partial charge in [0.1, 0.15) is 12.4 Å². The Balaban J connectivity index is 1.92. The number of phenols is 1. The number of ketones is 1. The van der Waals surface area contributed by atoms with Crippen molar-refractivity contribution in [2.75, 3.05) is 27.9 Å². The van der Waals surface area contributed by atoms with E-state index in [0.717, 1.165) is 5.56 Å². The lowest BCUT2D eigenvalue weighted by molar-refractivity contribution is 0.104. The molecule has 3 rings (SSSR count). The zero-order valence-electron chi connectivity index (χ0n) is 19.7. The van der Waals surface area contributed by atoms with Crippen molar-refractivity contribution in [3.63, 3.8) is 0 Å². The Bertz CT molecular complexity index is 1150. The summed E-state index contributed by atoms with van der Waals surface area (Å²) in [5, 5.41) is 10.7. The lowest BCUT2D eigenvalue weighted by Crippen LogP contribution is -2.03. The second-order valence-corrected chi connectivity index (χ2v) is 7.14. The molecule has 7 heteroatoms. The molecule has 0 atom stereocenters. The maximum Gasteiger partial charge on any atom is 0.204 e. The average Bonchev–Trinajstić information content (AvgIpc) is 2.87. The number of hydrogen-bond acceptors (Lipinski definition) is 7. The van der Waals surface area contributed by atoms with Gasteiger partial charge in [-0.05, 0) is 42.8 Å². The summed E-state index contributed by atoms with van der Waals surface area (Å²) in [6.45, 7) is 2.48. The second-order valence-electron chi connectivity index (χ2n) is 7.14. The van der Waals surface area contributed by atoms with Crippen LogP contribution in [0, 0.1) is 0 Å². The highest BCUT2D eigenvalue weighted by Crippen LogP contribution is 2.46. The van der Waals surface area contributed by atoms with Crippen LogP contribution in [0.4, 0.5) is 0 Å². The molecule has 0 aliphatic carbocycles. The highest BCUT2D eigenvalue weighted by molar-refractivity contribution is 6.07. The first-order chi connectivity index (χ1) is 16.5. The zero-order valence-corrected chi connectivity index (χ0v) is 19.7. The third kappa shape index (κ3) is 5.61. The SMILES string of the molecule is CCOc1c(OCc2ccccc2)cc(O)c(C=CC(=O)c2ccc(OC)c(OC)c2)c1OC. The minimum Gasteiger partial charge on any atom is -0.507 e. The van der Waals surface area contributed by atoms with Gasteiger partial charge in [-0.15, -0.1) is 0 Å². The van der Waals surface area contributed by atoms with Crippen molar-refractivity contribution in [3.05, 3.63) is 77.4 Å². The molecule has 178 valence electrons. The standard InChI is InChI=1S/C27H28O7/c1-5-33-27-25(34-17-18-9-7-6-8-10-18)16-22(29)20(26(27)32-4)12-13-21(28)19-11-14-23(30-2)24(15-19)31-3/h6-16,29H,5,17H2,1-4H3. The fourth-order valence-corrected chi connectivity index (χ4v) is 3.35. The van der Waals surface area contributed by atoms with E-state index >= 15 is 0 Å². The van der Waals surface area contributed by atoms with Gasteiger partial charge >= 0.3 is 0 Å². The van der Waals surface area contributed by atoms with E-state index < -0.39 is 0 Å². The Morgan fingerprint density at radius 1 is 0.853 bits per heavy atom. The summed E-state index contributed by atoms with van der Waals surface area (Å²) < 4.78 is 27.7. The fourth-order valence-electron chi connectivity index (χ4n) is 3.35. The highest BCUT2D eigenvalue weighted by Gasteiger charge is 2.20. The monoisotopic (exact) mass is 464 g/mol. The Kier molecular flexibility index (Phi) is 8.40. The van der Waals surface area contributed by atoms with Crippen LogP contribution in [0.2, 0.25) is 0 Å². The van der Waals surface area contributed by atoms with Gasteiger partial charge in [0.25, 0.3) is 0 Å². The third-order valence-corrected chi connectivity index (χ3v) is 5.02. The molecule has 0 radical (unpaired) electrons. The van der Waals surface area contributed by atoms with Crippen LogP contribution in [0.25, 0.3) is 6.08 Å². The molecule has 0 spiro atoms. The number of hydrogen-bond donors (Lipinski definition) is 1. The number of phenolic OH excluding ortho intramolecular Hbond substituents is 1. The van der Waals surface area contributed by atoms with E-state index in [4.69, 9.17) is 23.7 Å². The molecule has 0 unspecified atom stereocenters. The minimum atomic E-state index is -0.287. The molecule has 0 fully saturated rings. The molecule has 7 nitrogen and oxygen atoms in total. The van der Waals surface area contributed by atoms with Crippen molar-refractivity contribution in [2.24, 2.45) is 0 Å². The van der Waals surface area contributed by atoms with Crippen LogP contribution < -0.4 is 23.7 Å². The molecule has 0 aliphatic heterocycles. The number of methoxy groups -OCH3 is 3. The molecular weight excluding hydrogens is 436 g/mol. The predicted octanol–water partition coefficient (Wildman–Crippen LogP) is 5.29. The van der Waals surface area contributed by atoms with Gasteiger partial charge in [0.05, 0.1) is 33.5 Å². The number of aromatic hydroxyl groups is 1. The third-order valence-electron chi connectivity index (χ3n) is 5.02. The van der Waals surface area contributed by atoms with E-state index in [1.807, 2.05) is 37.3 Å². The van der Waals surface area contributed by atoms with Crippen molar-refractivity contribution >= 4 is 11.9 Å². The normalized spacial score (nSPS) is 10.7. The van der Waals surface area contributed by atoms with Crippen LogP contribution >= 0.6 is 0 Å². The molecule has 0 aliphatic rings. The van der Waals surface area contributed by atoms with Gasteiger partial charge in [-0.2, -0.15) is 0 Å². The number of ether oxygens (including phenoxy) is 5. The van der Waals surface area contributed by atoms with Gasteiger partial charge in [0, 0.05) is 11.6 Å². The van der Waals surface area contributed by atoms with Crippen LogP contribution in [0.1, 0.15) is 28.4 Å². The predicted molar refractivity (Wildman–Crippen MR) is 130 cm³/mol. The maximum atomic E-state index is 12.8. The molecule has 0 amide bonds. The summed E-state index contributed by atoms with van der Waals surface area (Å²) in [4.78, 5) is 12.8. The Morgan fingerprint density at radius 2 is 1.59 bits per heavy atom. The van der Waals surface area contributed by atoms with E-state index in [2.05, 4.69) is 0 Å². The van der Waals surface area contributed by atoms with E-state index in [1.165, 1.54) is 39.5 Å². The number of benzene rings is 3. The molecule has 3 aromatic carbocycles. The van der Waals surface area contributed by atoms with Crippen molar-refractivity contribution in [3.8, 4) is 34.5 Å². The van der Waals surface area contributed by atoms with Crippen molar-refractivity contribution in [1.82, 2.24) is 0 Å². The lowest BCUT2D eigenvalue weighted by Gasteiger charge is -2.18. The molecule has 0 heterocycles. The van der Waals surface area contributed by atoms with Crippen molar-refractivity contribution in [1.29, 1.82) is 0 Å². The first-order valence-electron chi connectivity index (χ1n) is 10.7. The van der Waals surface area contributed by atoms with Crippen LogP contribution in [0.3, 0.4) is 0 Å². The van der Waals surface area contributed by atoms with Crippen LogP contribution in [-0.2, 0) is 6.61 Å². The summed E-state index contributed by atoms with van der Waals surface area (Å²) in [7, 11) is 4.49. The lowest BCUT2D eigenvalue weighted by atomic mass is 10.1.